The van der Waals surface area contributed by atoms with Gasteiger partial charge in [0.1, 0.15) is 11.5 Å². The summed E-state index contributed by atoms with van der Waals surface area (Å²) in [6.07, 6.45) is 2.75. The van der Waals surface area contributed by atoms with Crippen molar-refractivity contribution < 1.29 is 4.42 Å². The molecule has 1 aliphatic heterocycles. The van der Waals surface area contributed by atoms with Crippen molar-refractivity contribution >= 4 is 0 Å². The van der Waals surface area contributed by atoms with Gasteiger partial charge < -0.3 is 14.6 Å². The zero-order valence-electron chi connectivity index (χ0n) is 11.3. The Balaban J connectivity index is 1.74. The van der Waals surface area contributed by atoms with Gasteiger partial charge in [0.05, 0.1) is 0 Å². The highest BCUT2D eigenvalue weighted by Gasteiger charge is 2.12. The van der Waals surface area contributed by atoms with Gasteiger partial charge in [0, 0.05) is 25.2 Å². The van der Waals surface area contributed by atoms with Crippen molar-refractivity contribution in [1.82, 2.24) is 10.2 Å². The largest absolute Gasteiger partial charge is 0.466 e. The first-order chi connectivity index (χ1) is 8.18. The lowest BCUT2D eigenvalue weighted by Gasteiger charge is -2.14. The average Bonchev–Trinajstić information content (AvgIpc) is 2.87. The molecule has 17 heavy (non-hydrogen) atoms. The second-order valence-electron chi connectivity index (χ2n) is 5.04. The molecule has 0 spiro atoms. The van der Waals surface area contributed by atoms with E-state index in [9.17, 15) is 0 Å². The molecule has 3 nitrogen and oxygen atoms in total. The molecule has 0 bridgehead atoms. The zero-order valence-corrected chi connectivity index (χ0v) is 11.3. The van der Waals surface area contributed by atoms with Crippen LogP contribution in [-0.2, 0) is 6.54 Å². The molecular weight excluding hydrogens is 212 g/mol. The van der Waals surface area contributed by atoms with Crippen molar-refractivity contribution in [3.63, 3.8) is 0 Å². The van der Waals surface area contributed by atoms with Crippen molar-refractivity contribution in [2.45, 2.75) is 40.2 Å². The molecule has 0 aliphatic carbocycles. The van der Waals surface area contributed by atoms with E-state index in [0.717, 1.165) is 24.6 Å². The monoisotopic (exact) mass is 236 g/mol. The molecule has 1 fully saturated rings. The van der Waals surface area contributed by atoms with Crippen molar-refractivity contribution in [2.24, 2.45) is 0 Å². The summed E-state index contributed by atoms with van der Waals surface area (Å²) in [7, 11) is 0. The lowest BCUT2D eigenvalue weighted by molar-refractivity contribution is 0.335. The van der Waals surface area contributed by atoms with E-state index in [1.54, 1.807) is 0 Å². The SMILES string of the molecule is Cc1oc(C)c(CNCCN2CCCC2)c1C. The van der Waals surface area contributed by atoms with Crippen LogP contribution in [0.1, 0.15) is 35.5 Å². The van der Waals surface area contributed by atoms with E-state index in [1.165, 1.54) is 43.6 Å². The third-order valence-electron chi connectivity index (χ3n) is 3.82. The van der Waals surface area contributed by atoms with E-state index in [4.69, 9.17) is 4.42 Å². The Labute approximate surface area is 104 Å². The summed E-state index contributed by atoms with van der Waals surface area (Å²) in [5, 5.41) is 3.52. The second kappa shape index (κ2) is 5.69. The third kappa shape index (κ3) is 3.11. The molecule has 0 atom stereocenters. The van der Waals surface area contributed by atoms with E-state index in [0.29, 0.717) is 0 Å². The summed E-state index contributed by atoms with van der Waals surface area (Å²) in [6.45, 7) is 12.0. The van der Waals surface area contributed by atoms with Gasteiger partial charge in [-0.05, 0) is 52.3 Å². The number of rotatable bonds is 5. The standard InChI is InChI=1S/C14H24N2O/c1-11-12(2)17-13(3)14(11)10-15-6-9-16-7-4-5-8-16/h15H,4-10H2,1-3H3. The van der Waals surface area contributed by atoms with Crippen LogP contribution in [0.4, 0.5) is 0 Å². The fourth-order valence-electron chi connectivity index (χ4n) is 2.56. The maximum Gasteiger partial charge on any atom is 0.105 e. The average molecular weight is 236 g/mol. The first-order valence-corrected chi connectivity index (χ1v) is 6.67. The quantitative estimate of drug-likeness (QED) is 0.796. The summed E-state index contributed by atoms with van der Waals surface area (Å²) >= 11 is 0. The molecule has 1 aromatic rings. The van der Waals surface area contributed by atoms with Crippen LogP contribution in [0.3, 0.4) is 0 Å². The number of hydrogen-bond acceptors (Lipinski definition) is 3. The summed E-state index contributed by atoms with van der Waals surface area (Å²) in [6, 6.07) is 0. The van der Waals surface area contributed by atoms with Gasteiger partial charge in [-0.25, -0.2) is 0 Å². The molecule has 1 aromatic heterocycles. The normalized spacial score (nSPS) is 16.9. The van der Waals surface area contributed by atoms with Gasteiger partial charge >= 0.3 is 0 Å². The Hall–Kier alpha value is -0.800. The van der Waals surface area contributed by atoms with Crippen LogP contribution in [0, 0.1) is 20.8 Å². The minimum Gasteiger partial charge on any atom is -0.466 e. The van der Waals surface area contributed by atoms with E-state index in [2.05, 4.69) is 24.1 Å². The van der Waals surface area contributed by atoms with Crippen LogP contribution in [0.5, 0.6) is 0 Å². The number of aryl methyl sites for hydroxylation is 2. The fraction of sp³-hybridized carbons (Fsp3) is 0.714. The van der Waals surface area contributed by atoms with E-state index in [1.807, 2.05) is 6.92 Å². The Bertz CT molecular complexity index is 365. The van der Waals surface area contributed by atoms with Crippen LogP contribution < -0.4 is 5.32 Å². The molecule has 3 heteroatoms. The summed E-state index contributed by atoms with van der Waals surface area (Å²) in [5.41, 5.74) is 2.64. The second-order valence-corrected chi connectivity index (χ2v) is 5.04. The summed E-state index contributed by atoms with van der Waals surface area (Å²) < 4.78 is 5.63. The highest BCUT2D eigenvalue weighted by atomic mass is 16.3. The maximum atomic E-state index is 5.63. The van der Waals surface area contributed by atoms with Crippen molar-refractivity contribution in [1.29, 1.82) is 0 Å². The van der Waals surface area contributed by atoms with Crippen LogP contribution in [-0.4, -0.2) is 31.1 Å². The first kappa shape index (κ1) is 12.7. The molecule has 2 heterocycles. The molecule has 0 aromatic carbocycles. The van der Waals surface area contributed by atoms with Gasteiger partial charge in [0.2, 0.25) is 0 Å². The van der Waals surface area contributed by atoms with Crippen molar-refractivity contribution in [3.8, 4) is 0 Å². The minimum atomic E-state index is 0.933. The van der Waals surface area contributed by atoms with Crippen molar-refractivity contribution in [3.05, 3.63) is 22.6 Å². The summed E-state index contributed by atoms with van der Waals surface area (Å²) in [5.74, 6) is 2.12. The molecule has 0 radical (unpaired) electrons. The van der Waals surface area contributed by atoms with Crippen molar-refractivity contribution in [2.75, 3.05) is 26.2 Å². The highest BCUT2D eigenvalue weighted by Crippen LogP contribution is 2.20. The van der Waals surface area contributed by atoms with Gasteiger partial charge in [-0.2, -0.15) is 0 Å². The van der Waals surface area contributed by atoms with E-state index < -0.39 is 0 Å². The number of nitrogens with zero attached hydrogens (tertiary/aromatic N) is 1. The number of hydrogen-bond donors (Lipinski definition) is 1. The van der Waals surface area contributed by atoms with Gasteiger partial charge in [0.15, 0.2) is 0 Å². The number of likely N-dealkylation sites (tertiary alicyclic amines) is 1. The Morgan fingerprint density at radius 3 is 2.41 bits per heavy atom. The lowest BCUT2D eigenvalue weighted by atomic mass is 10.1. The molecule has 2 rings (SSSR count). The molecule has 1 N–H and O–H groups in total. The van der Waals surface area contributed by atoms with Gasteiger partial charge in [0.25, 0.3) is 0 Å². The highest BCUT2D eigenvalue weighted by molar-refractivity contribution is 5.31. The van der Waals surface area contributed by atoms with Crippen LogP contribution >= 0.6 is 0 Å². The maximum absolute atomic E-state index is 5.63. The summed E-state index contributed by atoms with van der Waals surface area (Å²) in [4.78, 5) is 2.54. The van der Waals surface area contributed by atoms with Crippen LogP contribution in [0.25, 0.3) is 0 Å². The molecule has 0 amide bonds. The molecule has 0 unspecified atom stereocenters. The molecule has 96 valence electrons. The molecule has 1 saturated heterocycles. The van der Waals surface area contributed by atoms with Gasteiger partial charge in [-0.1, -0.05) is 0 Å². The predicted molar refractivity (Wildman–Crippen MR) is 70.3 cm³/mol. The zero-order chi connectivity index (χ0) is 12.3. The van der Waals surface area contributed by atoms with Gasteiger partial charge in [-0.15, -0.1) is 0 Å². The molecular formula is C14H24N2O. The van der Waals surface area contributed by atoms with Crippen LogP contribution in [0.2, 0.25) is 0 Å². The third-order valence-corrected chi connectivity index (χ3v) is 3.82. The Morgan fingerprint density at radius 1 is 1.12 bits per heavy atom. The first-order valence-electron chi connectivity index (χ1n) is 6.67. The smallest absolute Gasteiger partial charge is 0.105 e. The molecule has 1 aliphatic rings. The van der Waals surface area contributed by atoms with Gasteiger partial charge in [-0.3, -0.25) is 0 Å². The fourth-order valence-corrected chi connectivity index (χ4v) is 2.56. The Morgan fingerprint density at radius 2 is 1.82 bits per heavy atom. The Kier molecular flexibility index (Phi) is 4.24. The lowest BCUT2D eigenvalue weighted by Crippen LogP contribution is -2.29. The minimum absolute atomic E-state index is 0.933. The van der Waals surface area contributed by atoms with E-state index in [-0.39, 0.29) is 0 Å². The molecule has 0 saturated carbocycles. The van der Waals surface area contributed by atoms with E-state index >= 15 is 0 Å². The predicted octanol–water partition coefficient (Wildman–Crippen LogP) is 2.39. The number of furan rings is 1. The van der Waals surface area contributed by atoms with Crippen LogP contribution in [0.15, 0.2) is 4.42 Å². The topological polar surface area (TPSA) is 28.4 Å². The number of nitrogens with one attached hydrogen (secondary N) is 1.